The van der Waals surface area contributed by atoms with Crippen molar-refractivity contribution in [2.45, 2.75) is 32.2 Å². The zero-order valence-electron chi connectivity index (χ0n) is 9.69. The minimum atomic E-state index is -0.734. The van der Waals surface area contributed by atoms with E-state index in [1.54, 1.807) is 11.8 Å². The van der Waals surface area contributed by atoms with Crippen LogP contribution in [-0.4, -0.2) is 35.0 Å². The third kappa shape index (κ3) is 2.81. The Kier molecular flexibility index (Phi) is 4.46. The summed E-state index contributed by atoms with van der Waals surface area (Å²) in [6, 6.07) is 0.129. The number of nitrogens with one attached hydrogen (secondary N) is 1. The van der Waals surface area contributed by atoms with Crippen LogP contribution in [-0.2, 0) is 4.79 Å². The fourth-order valence-electron chi connectivity index (χ4n) is 1.55. The van der Waals surface area contributed by atoms with E-state index >= 15 is 0 Å². The second kappa shape index (κ2) is 5.43. The van der Waals surface area contributed by atoms with Gasteiger partial charge in [-0.25, -0.2) is 0 Å². The molecule has 1 fully saturated rings. The number of amidine groups is 1. The van der Waals surface area contributed by atoms with E-state index in [4.69, 9.17) is 10.9 Å². The lowest BCUT2D eigenvalue weighted by atomic mass is 10.0. The molecule has 1 aliphatic rings. The highest BCUT2D eigenvalue weighted by atomic mass is 32.2. The molecule has 0 radical (unpaired) electrons. The lowest BCUT2D eigenvalue weighted by Gasteiger charge is -2.18. The van der Waals surface area contributed by atoms with Gasteiger partial charge < -0.3 is 16.3 Å². The summed E-state index contributed by atoms with van der Waals surface area (Å²) in [7, 11) is 0. The molecule has 5 nitrogen and oxygen atoms in total. The average Bonchev–Trinajstić information content (AvgIpc) is 3.06. The van der Waals surface area contributed by atoms with Crippen molar-refractivity contribution in [3.05, 3.63) is 0 Å². The van der Waals surface area contributed by atoms with E-state index in [1.165, 1.54) is 0 Å². The summed E-state index contributed by atoms with van der Waals surface area (Å²) in [6.07, 6.45) is 4.31. The van der Waals surface area contributed by atoms with Gasteiger partial charge in [0.05, 0.1) is 0 Å². The van der Waals surface area contributed by atoms with Crippen molar-refractivity contribution in [2.75, 3.05) is 12.0 Å². The first-order valence-corrected chi connectivity index (χ1v) is 6.74. The van der Waals surface area contributed by atoms with Crippen molar-refractivity contribution in [3.63, 3.8) is 0 Å². The fraction of sp³-hybridized carbons (Fsp3) is 0.800. The fourth-order valence-corrected chi connectivity index (χ4v) is 2.14. The monoisotopic (exact) mass is 245 g/mol. The molecule has 0 bridgehead atoms. The van der Waals surface area contributed by atoms with E-state index in [0.29, 0.717) is 12.8 Å². The maximum absolute atomic E-state index is 11.9. The van der Waals surface area contributed by atoms with E-state index < -0.39 is 5.41 Å². The molecule has 1 saturated carbocycles. The zero-order valence-corrected chi connectivity index (χ0v) is 10.5. The molecule has 16 heavy (non-hydrogen) atoms. The highest BCUT2D eigenvalue weighted by molar-refractivity contribution is 7.98. The minimum Gasteiger partial charge on any atom is -0.409 e. The SMILES string of the molecule is CSCCC(C)NC(=O)C1(C(N)=NO)CC1. The molecule has 1 amide bonds. The molecule has 6 heteroatoms. The summed E-state index contributed by atoms with van der Waals surface area (Å²) < 4.78 is 0. The van der Waals surface area contributed by atoms with Crippen LogP contribution in [0.25, 0.3) is 0 Å². The smallest absolute Gasteiger partial charge is 0.234 e. The molecule has 0 heterocycles. The molecule has 0 aromatic carbocycles. The van der Waals surface area contributed by atoms with Crippen LogP contribution < -0.4 is 11.1 Å². The third-order valence-corrected chi connectivity index (χ3v) is 3.56. The van der Waals surface area contributed by atoms with E-state index in [0.717, 1.165) is 12.2 Å². The van der Waals surface area contributed by atoms with Crippen molar-refractivity contribution in [2.24, 2.45) is 16.3 Å². The molecule has 4 N–H and O–H groups in total. The normalized spacial score (nSPS) is 20.2. The zero-order chi connectivity index (χ0) is 12.2. The first-order valence-electron chi connectivity index (χ1n) is 5.34. The van der Waals surface area contributed by atoms with Crippen molar-refractivity contribution in [1.29, 1.82) is 0 Å². The third-order valence-electron chi connectivity index (χ3n) is 2.92. The van der Waals surface area contributed by atoms with Gasteiger partial charge in [0.25, 0.3) is 0 Å². The van der Waals surface area contributed by atoms with Crippen LogP contribution in [0.1, 0.15) is 26.2 Å². The molecule has 1 atom stereocenters. The van der Waals surface area contributed by atoms with Crippen LogP contribution in [0.2, 0.25) is 0 Å². The molecule has 0 saturated heterocycles. The van der Waals surface area contributed by atoms with Gasteiger partial charge in [0, 0.05) is 6.04 Å². The van der Waals surface area contributed by atoms with Gasteiger partial charge in [-0.1, -0.05) is 5.16 Å². The Bertz CT molecular complexity index is 290. The Balaban J connectivity index is 2.47. The van der Waals surface area contributed by atoms with Crippen LogP contribution in [0.15, 0.2) is 5.16 Å². The molecule has 1 unspecified atom stereocenters. The predicted octanol–water partition coefficient (Wildman–Crippen LogP) is 0.771. The van der Waals surface area contributed by atoms with Gasteiger partial charge in [-0.15, -0.1) is 0 Å². The van der Waals surface area contributed by atoms with E-state index in [-0.39, 0.29) is 17.8 Å². The number of carbonyl (C=O) groups is 1. The summed E-state index contributed by atoms with van der Waals surface area (Å²) in [5.74, 6) is 0.927. The van der Waals surface area contributed by atoms with Crippen LogP contribution in [0.5, 0.6) is 0 Å². The Hall–Kier alpha value is -0.910. The number of rotatable bonds is 6. The number of nitrogens with two attached hydrogens (primary N) is 1. The Labute approximate surface area is 99.8 Å². The van der Waals surface area contributed by atoms with Gasteiger partial charge in [-0.3, -0.25) is 4.79 Å². The van der Waals surface area contributed by atoms with E-state index in [9.17, 15) is 4.79 Å². The summed E-state index contributed by atoms with van der Waals surface area (Å²) in [6.45, 7) is 1.97. The first-order chi connectivity index (χ1) is 7.56. The molecular weight excluding hydrogens is 226 g/mol. The van der Waals surface area contributed by atoms with E-state index in [2.05, 4.69) is 10.5 Å². The number of nitrogens with zero attached hydrogens (tertiary/aromatic N) is 1. The molecule has 0 aromatic heterocycles. The van der Waals surface area contributed by atoms with Crippen LogP contribution in [0.3, 0.4) is 0 Å². The highest BCUT2D eigenvalue weighted by Crippen LogP contribution is 2.46. The number of hydrogen-bond donors (Lipinski definition) is 3. The highest BCUT2D eigenvalue weighted by Gasteiger charge is 2.54. The second-order valence-corrected chi connectivity index (χ2v) is 5.21. The summed E-state index contributed by atoms with van der Waals surface area (Å²) >= 11 is 1.75. The second-order valence-electron chi connectivity index (χ2n) is 4.22. The molecule has 0 spiro atoms. The van der Waals surface area contributed by atoms with Gasteiger partial charge in [0.15, 0.2) is 5.84 Å². The summed E-state index contributed by atoms with van der Waals surface area (Å²) in [4.78, 5) is 11.9. The van der Waals surface area contributed by atoms with Crippen LogP contribution >= 0.6 is 11.8 Å². The maximum atomic E-state index is 11.9. The molecule has 0 aliphatic heterocycles. The minimum absolute atomic E-state index is 0.0297. The lowest BCUT2D eigenvalue weighted by Crippen LogP contribution is -2.44. The topological polar surface area (TPSA) is 87.7 Å². The molecule has 1 aliphatic carbocycles. The standard InChI is InChI=1S/C10H19N3O2S/c1-7(3-6-16-2)12-9(14)10(4-5-10)8(11)13-15/h7,15H,3-6H2,1-2H3,(H2,11,13)(H,12,14). The average molecular weight is 245 g/mol. The van der Waals surface area contributed by atoms with Gasteiger partial charge in [0.2, 0.25) is 5.91 Å². The van der Waals surface area contributed by atoms with E-state index in [1.807, 2.05) is 13.2 Å². The molecule has 1 rings (SSSR count). The predicted molar refractivity (Wildman–Crippen MR) is 65.7 cm³/mol. The van der Waals surface area contributed by atoms with Gasteiger partial charge in [0.1, 0.15) is 5.41 Å². The molecule has 0 aromatic rings. The number of carbonyl (C=O) groups excluding carboxylic acids is 1. The Morgan fingerprint density at radius 2 is 2.31 bits per heavy atom. The van der Waals surface area contributed by atoms with Crippen molar-refractivity contribution in [3.8, 4) is 0 Å². The number of amides is 1. The number of oxime groups is 1. The van der Waals surface area contributed by atoms with Crippen molar-refractivity contribution >= 4 is 23.5 Å². The number of hydrogen-bond acceptors (Lipinski definition) is 4. The number of thioether (sulfide) groups is 1. The molecular formula is C10H19N3O2S. The van der Waals surface area contributed by atoms with Crippen molar-refractivity contribution < 1.29 is 10.0 Å². The Morgan fingerprint density at radius 1 is 1.69 bits per heavy atom. The van der Waals surface area contributed by atoms with Gasteiger partial charge >= 0.3 is 0 Å². The van der Waals surface area contributed by atoms with Gasteiger partial charge in [-0.2, -0.15) is 11.8 Å². The van der Waals surface area contributed by atoms with Crippen LogP contribution in [0, 0.1) is 5.41 Å². The lowest BCUT2D eigenvalue weighted by molar-refractivity contribution is -0.124. The first kappa shape index (κ1) is 13.2. The maximum Gasteiger partial charge on any atom is 0.234 e. The van der Waals surface area contributed by atoms with Crippen molar-refractivity contribution in [1.82, 2.24) is 5.32 Å². The summed E-state index contributed by atoms with van der Waals surface area (Å²) in [5, 5.41) is 14.5. The summed E-state index contributed by atoms with van der Waals surface area (Å²) in [5.41, 5.74) is 4.79. The largest absolute Gasteiger partial charge is 0.409 e. The van der Waals surface area contributed by atoms with Gasteiger partial charge in [-0.05, 0) is 38.2 Å². The van der Waals surface area contributed by atoms with Crippen LogP contribution in [0.4, 0.5) is 0 Å². The quantitative estimate of drug-likeness (QED) is 0.279. The molecule has 92 valence electrons. The Morgan fingerprint density at radius 3 is 2.75 bits per heavy atom.